The van der Waals surface area contributed by atoms with Gasteiger partial charge in [-0.1, -0.05) is 5.16 Å². The third-order valence-corrected chi connectivity index (χ3v) is 5.71. The second-order valence-electron chi connectivity index (χ2n) is 7.52. The van der Waals surface area contributed by atoms with Crippen LogP contribution in [0.2, 0.25) is 0 Å². The highest BCUT2D eigenvalue weighted by atomic mass is 127. The van der Waals surface area contributed by atoms with Crippen LogP contribution in [0, 0.1) is 17.8 Å². The molecule has 140 valence electrons. The Hall–Kier alpha value is -0.830. The van der Waals surface area contributed by atoms with Crippen molar-refractivity contribution >= 4 is 29.9 Å². The van der Waals surface area contributed by atoms with E-state index in [4.69, 9.17) is 4.52 Å². The molecule has 0 aromatic carbocycles. The van der Waals surface area contributed by atoms with Gasteiger partial charge in [-0.25, -0.2) is 0 Å². The number of hydrogen-bond acceptors (Lipinski definition) is 4. The Kier molecular flexibility index (Phi) is 6.60. The van der Waals surface area contributed by atoms with Crippen LogP contribution in [0.4, 0.5) is 0 Å². The van der Waals surface area contributed by atoms with Crippen LogP contribution < -0.4 is 5.32 Å². The van der Waals surface area contributed by atoms with Crippen LogP contribution >= 0.6 is 24.0 Å². The smallest absolute Gasteiger partial charge is 0.193 e. The molecule has 1 saturated heterocycles. The Morgan fingerprint density at radius 1 is 1.24 bits per heavy atom. The summed E-state index contributed by atoms with van der Waals surface area (Å²) in [6, 6.07) is 1.95. The Balaban J connectivity index is 0.00000182. The molecule has 0 radical (unpaired) electrons. The molecule has 0 unspecified atom stereocenters. The van der Waals surface area contributed by atoms with Crippen molar-refractivity contribution in [2.45, 2.75) is 32.2 Å². The zero-order valence-corrected chi connectivity index (χ0v) is 17.4. The van der Waals surface area contributed by atoms with Crippen LogP contribution in [0.25, 0.3) is 0 Å². The van der Waals surface area contributed by atoms with Crippen LogP contribution in [0.5, 0.6) is 0 Å². The Bertz CT molecular complexity index is 536. The predicted molar refractivity (Wildman–Crippen MR) is 109 cm³/mol. The number of nitrogens with one attached hydrogen (secondary N) is 1. The van der Waals surface area contributed by atoms with Crippen molar-refractivity contribution in [3.05, 3.63) is 18.0 Å². The van der Waals surface area contributed by atoms with Gasteiger partial charge in [0.15, 0.2) is 5.96 Å². The maximum absolute atomic E-state index is 4.92. The van der Waals surface area contributed by atoms with Crippen molar-refractivity contribution in [1.29, 1.82) is 0 Å². The van der Waals surface area contributed by atoms with Crippen LogP contribution in [0.3, 0.4) is 0 Å². The summed E-state index contributed by atoms with van der Waals surface area (Å²) in [5, 5.41) is 7.68. The van der Waals surface area contributed by atoms with Gasteiger partial charge in [0, 0.05) is 52.4 Å². The van der Waals surface area contributed by atoms with Crippen molar-refractivity contribution in [3.8, 4) is 0 Å². The molecule has 2 saturated carbocycles. The molecular formula is C18H30IN5O. The first-order chi connectivity index (χ1) is 11.8. The lowest BCUT2D eigenvalue weighted by molar-refractivity contribution is 0.168. The van der Waals surface area contributed by atoms with Crippen molar-refractivity contribution in [1.82, 2.24) is 20.3 Å². The molecule has 3 fully saturated rings. The van der Waals surface area contributed by atoms with E-state index in [0.717, 1.165) is 68.7 Å². The Labute approximate surface area is 167 Å². The zero-order valence-electron chi connectivity index (χ0n) is 15.1. The first-order valence-electron chi connectivity index (χ1n) is 9.40. The number of hydrogen-bond donors (Lipinski definition) is 1. The second kappa shape index (κ2) is 8.70. The van der Waals surface area contributed by atoms with Crippen LogP contribution in [-0.4, -0.2) is 60.7 Å². The molecule has 4 rings (SSSR count). The topological polar surface area (TPSA) is 56.9 Å². The van der Waals surface area contributed by atoms with E-state index in [1.54, 1.807) is 6.26 Å². The summed E-state index contributed by atoms with van der Waals surface area (Å²) in [5.41, 5.74) is 1.02. The number of halogens is 1. The standard InChI is InChI=1S/C18H29N5O.HI/c1-19-18(20-12-17(14-2-3-14)15-4-5-15)23-9-7-22(8-10-23)13-16-6-11-24-21-16;/h6,11,14-15,17H,2-5,7-10,12-13H2,1H3,(H,19,20);1H. The molecule has 7 heteroatoms. The van der Waals surface area contributed by atoms with E-state index in [9.17, 15) is 0 Å². The average Bonchev–Trinajstić information content (AvgIpc) is 3.54. The minimum absolute atomic E-state index is 0. The summed E-state index contributed by atoms with van der Waals surface area (Å²) in [5.74, 6) is 3.95. The summed E-state index contributed by atoms with van der Waals surface area (Å²) in [4.78, 5) is 9.36. The van der Waals surface area contributed by atoms with E-state index in [0.29, 0.717) is 0 Å². The van der Waals surface area contributed by atoms with Crippen LogP contribution in [0.15, 0.2) is 21.8 Å². The van der Waals surface area contributed by atoms with Crippen LogP contribution in [-0.2, 0) is 6.54 Å². The number of piperazine rings is 1. The molecule has 2 heterocycles. The van der Waals surface area contributed by atoms with Gasteiger partial charge in [0.2, 0.25) is 0 Å². The molecule has 0 amide bonds. The molecule has 1 aromatic rings. The fourth-order valence-electron chi connectivity index (χ4n) is 3.97. The SMILES string of the molecule is CN=C(NCC(C1CC1)C1CC1)N1CCN(Cc2ccon2)CC1.I. The van der Waals surface area contributed by atoms with E-state index in [1.165, 1.54) is 25.7 Å². The van der Waals surface area contributed by atoms with Gasteiger partial charge < -0.3 is 14.7 Å². The normalized spacial score (nSPS) is 22.2. The van der Waals surface area contributed by atoms with Gasteiger partial charge in [-0.15, -0.1) is 24.0 Å². The van der Waals surface area contributed by atoms with E-state index in [-0.39, 0.29) is 24.0 Å². The Morgan fingerprint density at radius 3 is 2.44 bits per heavy atom. The lowest BCUT2D eigenvalue weighted by Gasteiger charge is -2.36. The van der Waals surface area contributed by atoms with E-state index < -0.39 is 0 Å². The third-order valence-electron chi connectivity index (χ3n) is 5.71. The van der Waals surface area contributed by atoms with Crippen LogP contribution in [0.1, 0.15) is 31.4 Å². The van der Waals surface area contributed by atoms with Crippen molar-refractivity contribution in [2.24, 2.45) is 22.7 Å². The largest absolute Gasteiger partial charge is 0.364 e. The zero-order chi connectivity index (χ0) is 16.4. The van der Waals surface area contributed by atoms with Gasteiger partial charge in [-0.3, -0.25) is 9.89 Å². The first-order valence-corrected chi connectivity index (χ1v) is 9.40. The molecule has 1 aromatic heterocycles. The van der Waals surface area contributed by atoms with Gasteiger partial charge in [0.05, 0.1) is 5.69 Å². The molecule has 0 spiro atoms. The van der Waals surface area contributed by atoms with E-state index in [1.807, 2.05) is 13.1 Å². The summed E-state index contributed by atoms with van der Waals surface area (Å²) in [6.45, 7) is 6.12. The minimum Gasteiger partial charge on any atom is -0.364 e. The quantitative estimate of drug-likeness (QED) is 0.403. The van der Waals surface area contributed by atoms with E-state index in [2.05, 4.69) is 25.3 Å². The number of rotatable bonds is 6. The fraction of sp³-hybridized carbons (Fsp3) is 0.778. The highest BCUT2D eigenvalue weighted by Gasteiger charge is 2.41. The van der Waals surface area contributed by atoms with Crippen molar-refractivity contribution in [2.75, 3.05) is 39.8 Å². The fourth-order valence-corrected chi connectivity index (χ4v) is 3.97. The van der Waals surface area contributed by atoms with Gasteiger partial charge in [-0.05, 0) is 43.4 Å². The van der Waals surface area contributed by atoms with Gasteiger partial charge in [0.1, 0.15) is 6.26 Å². The van der Waals surface area contributed by atoms with Crippen molar-refractivity contribution in [3.63, 3.8) is 0 Å². The van der Waals surface area contributed by atoms with E-state index >= 15 is 0 Å². The molecule has 0 atom stereocenters. The second-order valence-corrected chi connectivity index (χ2v) is 7.52. The maximum atomic E-state index is 4.92. The number of aliphatic imine (C=N–C) groups is 1. The van der Waals surface area contributed by atoms with Crippen molar-refractivity contribution < 1.29 is 4.52 Å². The summed E-state index contributed by atoms with van der Waals surface area (Å²) >= 11 is 0. The molecule has 0 bridgehead atoms. The summed E-state index contributed by atoms with van der Waals surface area (Å²) in [7, 11) is 1.91. The number of guanidine groups is 1. The third kappa shape index (κ3) is 5.09. The molecule has 1 N–H and O–H groups in total. The highest BCUT2D eigenvalue weighted by Crippen LogP contribution is 2.48. The molecular weight excluding hydrogens is 429 g/mol. The minimum atomic E-state index is 0. The lowest BCUT2D eigenvalue weighted by Crippen LogP contribution is -2.52. The van der Waals surface area contributed by atoms with Gasteiger partial charge in [-0.2, -0.15) is 0 Å². The molecule has 6 nitrogen and oxygen atoms in total. The predicted octanol–water partition coefficient (Wildman–Crippen LogP) is 2.42. The summed E-state index contributed by atoms with van der Waals surface area (Å²) < 4.78 is 4.92. The molecule has 3 aliphatic rings. The highest BCUT2D eigenvalue weighted by molar-refractivity contribution is 14.0. The number of nitrogens with zero attached hydrogens (tertiary/aromatic N) is 4. The molecule has 25 heavy (non-hydrogen) atoms. The summed E-state index contributed by atoms with van der Waals surface area (Å²) in [6.07, 6.45) is 7.43. The monoisotopic (exact) mass is 459 g/mol. The maximum Gasteiger partial charge on any atom is 0.193 e. The Morgan fingerprint density at radius 2 is 1.92 bits per heavy atom. The lowest BCUT2D eigenvalue weighted by atomic mass is 9.98. The molecule has 2 aliphatic carbocycles. The first kappa shape index (κ1) is 18.9. The van der Waals surface area contributed by atoms with Gasteiger partial charge in [0.25, 0.3) is 0 Å². The van der Waals surface area contributed by atoms with Gasteiger partial charge >= 0.3 is 0 Å². The molecule has 1 aliphatic heterocycles. The average molecular weight is 459 g/mol. The number of aromatic nitrogens is 1.